The number of hydrogen-bond acceptors (Lipinski definition) is 5. The van der Waals surface area contributed by atoms with Crippen molar-refractivity contribution in [3.05, 3.63) is 29.3 Å². The summed E-state index contributed by atoms with van der Waals surface area (Å²) in [5.41, 5.74) is 7.44. The van der Waals surface area contributed by atoms with E-state index in [-0.39, 0.29) is 17.4 Å². The van der Waals surface area contributed by atoms with Gasteiger partial charge in [0, 0.05) is 12.0 Å². The molecule has 1 spiro atoms. The van der Waals surface area contributed by atoms with E-state index in [1.54, 1.807) is 6.07 Å². The van der Waals surface area contributed by atoms with Crippen molar-refractivity contribution in [3.8, 4) is 5.75 Å². The van der Waals surface area contributed by atoms with Crippen LogP contribution in [0.15, 0.2) is 18.2 Å². The van der Waals surface area contributed by atoms with Crippen molar-refractivity contribution < 1.29 is 14.6 Å². The number of carbonyl (C=O) groups excluding carboxylic acids is 1. The van der Waals surface area contributed by atoms with Crippen LogP contribution in [-0.4, -0.2) is 46.2 Å². The van der Waals surface area contributed by atoms with E-state index in [2.05, 4.69) is 11.0 Å². The van der Waals surface area contributed by atoms with E-state index in [1.165, 1.54) is 24.0 Å². The van der Waals surface area contributed by atoms with E-state index in [1.807, 2.05) is 6.07 Å². The summed E-state index contributed by atoms with van der Waals surface area (Å²) in [6.07, 6.45) is 6.73. The summed E-state index contributed by atoms with van der Waals surface area (Å²) in [7, 11) is 0. The monoisotopic (exact) mass is 354 g/mol. The Morgan fingerprint density at radius 3 is 2.88 bits per heavy atom. The van der Waals surface area contributed by atoms with Gasteiger partial charge in [0.15, 0.2) is 0 Å². The normalized spacial score (nSPS) is 43.6. The number of likely N-dealkylation sites (tertiary alicyclic amines) is 1. The molecule has 0 amide bonds. The van der Waals surface area contributed by atoms with E-state index < -0.39 is 11.1 Å². The van der Waals surface area contributed by atoms with E-state index in [4.69, 9.17) is 10.5 Å². The zero-order chi connectivity index (χ0) is 17.7. The number of fused-ring (bicyclic) bond motifs is 3. The smallest absolute Gasteiger partial charge is 0.326 e. The first-order chi connectivity index (χ1) is 12.5. The molecule has 0 aromatic heterocycles. The van der Waals surface area contributed by atoms with Crippen molar-refractivity contribution in [1.82, 2.24) is 4.90 Å². The minimum absolute atomic E-state index is 0.207. The first kappa shape index (κ1) is 15.5. The number of carbonyl (C=O) groups is 1. The zero-order valence-electron chi connectivity index (χ0n) is 15.0. The highest BCUT2D eigenvalue weighted by Gasteiger charge is 2.74. The summed E-state index contributed by atoms with van der Waals surface area (Å²) in [6, 6.07) is 6.02. The van der Waals surface area contributed by atoms with Crippen LogP contribution in [-0.2, 0) is 21.4 Å². The third-order valence-electron chi connectivity index (χ3n) is 8.07. The SMILES string of the molecule is NC12CC[C@@]3(OC1=O)[C@H]1Cc4ccc(O)cc4[C@@]3(CCN1CC1CC1)C2. The fourth-order valence-electron chi connectivity index (χ4n) is 6.65. The van der Waals surface area contributed by atoms with Crippen molar-refractivity contribution in [2.45, 2.75) is 67.5 Å². The van der Waals surface area contributed by atoms with Gasteiger partial charge in [0.05, 0.1) is 6.04 Å². The van der Waals surface area contributed by atoms with Gasteiger partial charge in [0.2, 0.25) is 0 Å². The third kappa shape index (κ3) is 1.71. The fourth-order valence-corrected chi connectivity index (χ4v) is 6.65. The molecular formula is C21H26N2O3. The van der Waals surface area contributed by atoms with E-state index >= 15 is 0 Å². The molecule has 3 N–H and O–H groups in total. The number of phenolic OH excluding ortho intramolecular Hbond substituents is 1. The number of piperidine rings is 1. The van der Waals surface area contributed by atoms with E-state index in [9.17, 15) is 9.90 Å². The van der Waals surface area contributed by atoms with Gasteiger partial charge in [-0.2, -0.15) is 0 Å². The number of phenols is 1. The van der Waals surface area contributed by atoms with Crippen LogP contribution in [0.1, 0.15) is 49.7 Å². The van der Waals surface area contributed by atoms with Crippen LogP contribution >= 0.6 is 0 Å². The molecule has 2 saturated carbocycles. The van der Waals surface area contributed by atoms with Crippen molar-refractivity contribution in [2.24, 2.45) is 11.7 Å². The van der Waals surface area contributed by atoms with Gasteiger partial charge in [-0.05, 0) is 80.7 Å². The van der Waals surface area contributed by atoms with Crippen molar-refractivity contribution in [1.29, 1.82) is 0 Å². The van der Waals surface area contributed by atoms with E-state index in [0.717, 1.165) is 44.7 Å². The van der Waals surface area contributed by atoms with Gasteiger partial charge < -0.3 is 15.6 Å². The molecule has 4 atom stereocenters. The second-order valence-electron chi connectivity index (χ2n) is 9.44. The summed E-state index contributed by atoms with van der Waals surface area (Å²) >= 11 is 0. The molecule has 3 heterocycles. The maximum Gasteiger partial charge on any atom is 0.326 e. The van der Waals surface area contributed by atoms with Crippen molar-refractivity contribution >= 4 is 5.97 Å². The molecule has 4 bridgehead atoms. The standard InChI is InChI=1S/C21H26N2O3/c22-20-5-6-21(26-18(20)25)17-9-14-3-4-15(24)10-16(14)19(21,12-20)7-8-23(17)11-13-1-2-13/h3-4,10,13,17,24H,1-2,5-9,11-12,22H2/t17-,19-,20?,21-/m1/s1. The molecule has 3 aliphatic heterocycles. The Labute approximate surface area is 153 Å². The third-order valence-corrected chi connectivity index (χ3v) is 8.07. The number of aromatic hydroxyl groups is 1. The molecule has 3 saturated heterocycles. The van der Waals surface area contributed by atoms with Crippen LogP contribution in [0.25, 0.3) is 0 Å². The summed E-state index contributed by atoms with van der Waals surface area (Å²) in [6.45, 7) is 2.16. The zero-order valence-corrected chi connectivity index (χ0v) is 15.0. The summed E-state index contributed by atoms with van der Waals surface area (Å²) in [5, 5.41) is 10.2. The van der Waals surface area contributed by atoms with Gasteiger partial charge in [0.1, 0.15) is 16.9 Å². The Morgan fingerprint density at radius 1 is 1.27 bits per heavy atom. The molecule has 6 aliphatic rings. The summed E-state index contributed by atoms with van der Waals surface area (Å²) in [5.74, 6) is 0.906. The number of rotatable bonds is 2. The molecule has 26 heavy (non-hydrogen) atoms. The molecule has 7 rings (SSSR count). The largest absolute Gasteiger partial charge is 0.508 e. The average molecular weight is 354 g/mol. The maximum atomic E-state index is 12.8. The van der Waals surface area contributed by atoms with E-state index in [0.29, 0.717) is 12.2 Å². The molecule has 1 aromatic rings. The van der Waals surface area contributed by atoms with Gasteiger partial charge in [-0.1, -0.05) is 6.07 Å². The van der Waals surface area contributed by atoms with Crippen LogP contribution in [0, 0.1) is 5.92 Å². The number of nitrogens with two attached hydrogens (primary N) is 1. The van der Waals surface area contributed by atoms with Gasteiger partial charge in [0.25, 0.3) is 0 Å². The topological polar surface area (TPSA) is 75.8 Å². The second kappa shape index (κ2) is 4.63. The Bertz CT molecular complexity index is 821. The average Bonchev–Trinajstić information content (AvgIpc) is 3.42. The van der Waals surface area contributed by atoms with Crippen molar-refractivity contribution in [3.63, 3.8) is 0 Å². The van der Waals surface area contributed by atoms with Crippen LogP contribution < -0.4 is 5.73 Å². The predicted octanol–water partition coefficient (Wildman–Crippen LogP) is 1.85. The van der Waals surface area contributed by atoms with Crippen LogP contribution in [0.5, 0.6) is 5.75 Å². The number of nitrogens with zero attached hydrogens (tertiary/aromatic N) is 1. The maximum absolute atomic E-state index is 12.8. The van der Waals surface area contributed by atoms with Gasteiger partial charge in [-0.25, -0.2) is 0 Å². The predicted molar refractivity (Wildman–Crippen MR) is 95.8 cm³/mol. The first-order valence-electron chi connectivity index (χ1n) is 10.0. The Morgan fingerprint density at radius 2 is 2.12 bits per heavy atom. The minimum atomic E-state index is -0.870. The Hall–Kier alpha value is -1.59. The molecule has 3 aliphatic carbocycles. The Balaban J connectivity index is 1.55. The lowest BCUT2D eigenvalue weighted by Crippen LogP contribution is -2.82. The quantitative estimate of drug-likeness (QED) is 0.793. The second-order valence-corrected chi connectivity index (χ2v) is 9.44. The van der Waals surface area contributed by atoms with Gasteiger partial charge in [-0.3, -0.25) is 9.69 Å². The lowest BCUT2D eigenvalue weighted by molar-refractivity contribution is -0.245. The molecule has 5 nitrogen and oxygen atoms in total. The molecule has 138 valence electrons. The number of ether oxygens (including phenoxy) is 1. The fraction of sp³-hybridized carbons (Fsp3) is 0.667. The van der Waals surface area contributed by atoms with Gasteiger partial charge >= 0.3 is 5.97 Å². The lowest BCUT2D eigenvalue weighted by Gasteiger charge is -2.70. The number of hydrogen-bond donors (Lipinski definition) is 2. The summed E-state index contributed by atoms with van der Waals surface area (Å²) < 4.78 is 6.28. The highest BCUT2D eigenvalue weighted by Crippen LogP contribution is 2.64. The summed E-state index contributed by atoms with van der Waals surface area (Å²) in [4.78, 5) is 15.4. The van der Waals surface area contributed by atoms with Crippen LogP contribution in [0.3, 0.4) is 0 Å². The van der Waals surface area contributed by atoms with Crippen molar-refractivity contribution in [2.75, 3.05) is 13.1 Å². The molecule has 0 radical (unpaired) electrons. The molecular weight excluding hydrogens is 328 g/mol. The lowest BCUT2D eigenvalue weighted by atomic mass is 9.45. The minimum Gasteiger partial charge on any atom is -0.508 e. The highest BCUT2D eigenvalue weighted by atomic mass is 16.6. The van der Waals surface area contributed by atoms with Crippen LogP contribution in [0.4, 0.5) is 0 Å². The molecule has 5 fully saturated rings. The Kier molecular flexibility index (Phi) is 2.75. The number of benzene rings is 1. The molecule has 5 heteroatoms. The number of esters is 1. The van der Waals surface area contributed by atoms with Crippen LogP contribution in [0.2, 0.25) is 0 Å². The molecule has 1 unspecified atom stereocenters. The first-order valence-corrected chi connectivity index (χ1v) is 10.0. The molecule has 1 aromatic carbocycles. The highest BCUT2D eigenvalue weighted by molar-refractivity contribution is 5.84. The van der Waals surface area contributed by atoms with Gasteiger partial charge in [-0.15, -0.1) is 0 Å².